The number of aromatic nitrogens is 2. The number of ether oxygens (including phenoxy) is 2. The lowest BCUT2D eigenvalue weighted by molar-refractivity contribution is -0.0129. The quantitative estimate of drug-likeness (QED) is 0.729. The number of halogens is 4. The number of amidine groups is 1. The molecule has 2 heterocycles. The van der Waals surface area contributed by atoms with Crippen LogP contribution in [0.4, 0.5) is 28.0 Å². The molecule has 0 fully saturated rings. The Bertz CT molecular complexity index is 910. The molecule has 2 aromatic rings. The van der Waals surface area contributed by atoms with E-state index in [9.17, 15) is 22.4 Å². The van der Waals surface area contributed by atoms with E-state index in [2.05, 4.69) is 20.3 Å². The minimum Gasteiger partial charge on any atom is -0.389 e. The summed E-state index contributed by atoms with van der Waals surface area (Å²) >= 11 is 0. The molecule has 0 bridgehead atoms. The molecule has 3 rings (SSSR count). The van der Waals surface area contributed by atoms with Crippen LogP contribution < -0.4 is 15.8 Å². The number of aliphatic imine (C=N–C) groups is 1. The Morgan fingerprint density at radius 3 is 2.66 bits per heavy atom. The van der Waals surface area contributed by atoms with Gasteiger partial charge >= 0.3 is 6.09 Å². The number of carbonyl (C=O) groups is 1. The van der Waals surface area contributed by atoms with Crippen molar-refractivity contribution in [1.29, 1.82) is 0 Å². The van der Waals surface area contributed by atoms with Crippen LogP contribution in [0.1, 0.15) is 17.7 Å². The van der Waals surface area contributed by atoms with E-state index in [4.69, 9.17) is 15.2 Å². The minimum absolute atomic E-state index is 0.0515. The number of anilines is 1. The number of nitrogens with two attached hydrogens (primary N) is 1. The van der Waals surface area contributed by atoms with Gasteiger partial charge in [-0.1, -0.05) is 12.1 Å². The molecule has 12 heteroatoms. The largest absolute Gasteiger partial charge is 0.418 e. The fraction of sp³-hybridized carbons (Fsp3) is 0.294. The van der Waals surface area contributed by atoms with Crippen LogP contribution in [0.15, 0.2) is 41.7 Å². The van der Waals surface area contributed by atoms with Crippen molar-refractivity contribution in [1.82, 2.24) is 9.97 Å². The van der Waals surface area contributed by atoms with Gasteiger partial charge in [-0.25, -0.2) is 32.3 Å². The van der Waals surface area contributed by atoms with Crippen molar-refractivity contribution in [3.8, 4) is 5.88 Å². The van der Waals surface area contributed by atoms with Crippen LogP contribution in [0.3, 0.4) is 0 Å². The third-order valence-corrected chi connectivity index (χ3v) is 3.95. The van der Waals surface area contributed by atoms with Crippen LogP contribution in [0.2, 0.25) is 0 Å². The second kappa shape index (κ2) is 8.39. The topological polar surface area (TPSA) is 112 Å². The predicted molar refractivity (Wildman–Crippen MR) is 93.2 cm³/mol. The number of carbonyl (C=O) groups excluding carboxylic acids is 1. The lowest BCUT2D eigenvalue weighted by Gasteiger charge is -2.33. The zero-order valence-electron chi connectivity index (χ0n) is 14.7. The second-order valence-corrected chi connectivity index (χ2v) is 6.00. The fourth-order valence-corrected chi connectivity index (χ4v) is 2.61. The smallest absolute Gasteiger partial charge is 0.389 e. The first-order chi connectivity index (χ1) is 13.8. The molecular formula is C17H15F4N5O3. The Morgan fingerprint density at radius 1 is 1.24 bits per heavy atom. The highest BCUT2D eigenvalue weighted by atomic mass is 19.3. The molecule has 0 radical (unpaired) electrons. The van der Waals surface area contributed by atoms with Gasteiger partial charge in [-0.15, -0.1) is 0 Å². The molecule has 1 atom stereocenters. The molecule has 1 aromatic carbocycles. The third-order valence-electron chi connectivity index (χ3n) is 3.95. The van der Waals surface area contributed by atoms with Crippen LogP contribution in [0.5, 0.6) is 5.88 Å². The summed E-state index contributed by atoms with van der Waals surface area (Å²) in [5.41, 5.74) is 3.20. The van der Waals surface area contributed by atoms with E-state index in [1.54, 1.807) is 0 Å². The lowest BCUT2D eigenvalue weighted by atomic mass is 9.90. The summed E-state index contributed by atoms with van der Waals surface area (Å²) in [6.45, 7) is -0.435. The highest BCUT2D eigenvalue weighted by molar-refractivity contribution is 5.86. The Labute approximate surface area is 161 Å². The number of rotatable bonds is 5. The molecule has 0 saturated carbocycles. The monoisotopic (exact) mass is 413 g/mol. The molecule has 1 unspecified atom stereocenters. The first kappa shape index (κ1) is 20.5. The molecular weight excluding hydrogens is 398 g/mol. The van der Waals surface area contributed by atoms with Crippen molar-refractivity contribution in [3.05, 3.63) is 47.9 Å². The number of amides is 1. The Balaban J connectivity index is 1.75. The van der Waals surface area contributed by atoms with Crippen molar-refractivity contribution < 1.29 is 31.8 Å². The lowest BCUT2D eigenvalue weighted by Crippen LogP contribution is -2.44. The summed E-state index contributed by atoms with van der Waals surface area (Å²) in [6, 6.07) is 5.56. The van der Waals surface area contributed by atoms with Gasteiger partial charge in [0.05, 0.1) is 19.0 Å². The maximum atomic E-state index is 13.8. The number of nitrogens with zero attached hydrogens (tertiary/aromatic N) is 3. The van der Waals surface area contributed by atoms with Crippen molar-refractivity contribution in [2.45, 2.75) is 18.4 Å². The van der Waals surface area contributed by atoms with Gasteiger partial charge in [0.1, 0.15) is 18.1 Å². The molecule has 1 aliphatic rings. The average Bonchev–Trinajstić information content (AvgIpc) is 2.68. The Hall–Kier alpha value is -3.28. The first-order valence-electron chi connectivity index (χ1n) is 8.20. The third kappa shape index (κ3) is 4.59. The van der Waals surface area contributed by atoms with Crippen LogP contribution in [-0.4, -0.2) is 41.5 Å². The Kier molecular flexibility index (Phi) is 5.92. The average molecular weight is 413 g/mol. The second-order valence-electron chi connectivity index (χ2n) is 6.00. The molecule has 1 aromatic heterocycles. The van der Waals surface area contributed by atoms with E-state index in [0.717, 1.165) is 12.4 Å². The van der Waals surface area contributed by atoms with Crippen molar-refractivity contribution in [2.75, 3.05) is 18.5 Å². The van der Waals surface area contributed by atoms with E-state index in [1.165, 1.54) is 24.3 Å². The maximum Gasteiger partial charge on any atom is 0.418 e. The van der Waals surface area contributed by atoms with Gasteiger partial charge in [-0.2, -0.15) is 0 Å². The molecule has 0 spiro atoms. The maximum absolute atomic E-state index is 13.8. The number of alkyl halides is 4. The summed E-state index contributed by atoms with van der Waals surface area (Å²) in [4.78, 5) is 22.8. The SMILES string of the molecule is NC1=NC(c2cccc(NC(=O)Oc3cnc(C(F)F)cn3)c2)(C(F)F)COC1. The van der Waals surface area contributed by atoms with Gasteiger partial charge in [-0.05, 0) is 17.7 Å². The zero-order chi connectivity index (χ0) is 21.0. The summed E-state index contributed by atoms with van der Waals surface area (Å²) in [5.74, 6) is -0.384. The van der Waals surface area contributed by atoms with Crippen LogP contribution in [0.25, 0.3) is 0 Å². The molecule has 0 saturated heterocycles. The van der Waals surface area contributed by atoms with E-state index in [-0.39, 0.29) is 36.2 Å². The number of hydrogen-bond donors (Lipinski definition) is 2. The molecule has 8 nitrogen and oxygen atoms in total. The van der Waals surface area contributed by atoms with E-state index in [0.29, 0.717) is 0 Å². The number of hydrogen-bond acceptors (Lipinski definition) is 7. The highest BCUT2D eigenvalue weighted by Crippen LogP contribution is 2.36. The molecule has 29 heavy (non-hydrogen) atoms. The predicted octanol–water partition coefficient (Wildman–Crippen LogP) is 2.87. The summed E-state index contributed by atoms with van der Waals surface area (Å²) in [6.07, 6.45) is -5.11. The summed E-state index contributed by atoms with van der Waals surface area (Å²) in [7, 11) is 0. The van der Waals surface area contributed by atoms with E-state index < -0.39 is 30.2 Å². The number of nitrogens with one attached hydrogen (secondary N) is 1. The van der Waals surface area contributed by atoms with Crippen molar-refractivity contribution in [2.24, 2.45) is 10.7 Å². The van der Waals surface area contributed by atoms with Gasteiger partial charge in [0, 0.05) is 5.69 Å². The number of benzene rings is 1. The van der Waals surface area contributed by atoms with Gasteiger partial charge < -0.3 is 15.2 Å². The van der Waals surface area contributed by atoms with E-state index >= 15 is 0 Å². The summed E-state index contributed by atoms with van der Waals surface area (Å²) in [5, 5.41) is 2.33. The standard InChI is InChI=1S/C17H15F4N5O3/c18-14(19)11-5-24-13(6-23-11)29-16(27)25-10-3-1-2-9(4-10)17(15(20)21)8-28-7-12(22)26-17/h1-6,14-15H,7-8H2,(H2,22,26)(H,25,27). The fourth-order valence-electron chi connectivity index (χ4n) is 2.61. The van der Waals surface area contributed by atoms with Gasteiger partial charge in [-0.3, -0.25) is 10.3 Å². The normalized spacial score (nSPS) is 19.2. The molecule has 3 N–H and O–H groups in total. The molecule has 0 aliphatic carbocycles. The highest BCUT2D eigenvalue weighted by Gasteiger charge is 2.44. The van der Waals surface area contributed by atoms with Crippen LogP contribution >= 0.6 is 0 Å². The molecule has 1 aliphatic heterocycles. The van der Waals surface area contributed by atoms with Crippen LogP contribution in [0, 0.1) is 0 Å². The van der Waals surface area contributed by atoms with Gasteiger partial charge in [0.25, 0.3) is 12.9 Å². The zero-order valence-corrected chi connectivity index (χ0v) is 14.7. The Morgan fingerprint density at radius 2 is 2.03 bits per heavy atom. The summed E-state index contributed by atoms with van der Waals surface area (Å²) < 4.78 is 62.4. The van der Waals surface area contributed by atoms with Crippen molar-refractivity contribution >= 4 is 17.6 Å². The molecule has 154 valence electrons. The van der Waals surface area contributed by atoms with Gasteiger partial charge in [0.2, 0.25) is 5.88 Å². The van der Waals surface area contributed by atoms with Gasteiger partial charge in [0.15, 0.2) is 5.54 Å². The van der Waals surface area contributed by atoms with E-state index in [1.807, 2.05) is 0 Å². The molecule has 1 amide bonds. The first-order valence-corrected chi connectivity index (χ1v) is 8.20. The minimum atomic E-state index is -2.91. The van der Waals surface area contributed by atoms with Crippen LogP contribution in [-0.2, 0) is 10.3 Å². The van der Waals surface area contributed by atoms with Crippen molar-refractivity contribution in [3.63, 3.8) is 0 Å².